The van der Waals surface area contributed by atoms with Gasteiger partial charge in [-0.25, -0.2) is 0 Å². The van der Waals surface area contributed by atoms with E-state index in [0.29, 0.717) is 29.8 Å². The van der Waals surface area contributed by atoms with Crippen LogP contribution in [-0.4, -0.2) is 74.7 Å². The van der Waals surface area contributed by atoms with Crippen LogP contribution < -0.4 is 5.32 Å². The number of rotatable bonds is 7. The van der Waals surface area contributed by atoms with Crippen molar-refractivity contribution in [3.63, 3.8) is 0 Å². The Morgan fingerprint density at radius 1 is 1.10 bits per heavy atom. The van der Waals surface area contributed by atoms with Crippen LogP contribution in [0.4, 0.5) is 0 Å². The van der Waals surface area contributed by atoms with Gasteiger partial charge in [-0.15, -0.1) is 24.0 Å². The van der Waals surface area contributed by atoms with Gasteiger partial charge < -0.3 is 24.4 Å². The molecule has 4 aliphatic rings. The molecule has 3 atom stereocenters. The average molecular weight is 536 g/mol. The number of likely N-dealkylation sites (tertiary alicyclic amines) is 1. The van der Waals surface area contributed by atoms with E-state index in [1.165, 1.54) is 32.1 Å². The predicted octanol–water partition coefficient (Wildman–Crippen LogP) is 3.97. The summed E-state index contributed by atoms with van der Waals surface area (Å²) < 4.78 is 18.0. The fourth-order valence-corrected chi connectivity index (χ4v) is 5.60. The van der Waals surface area contributed by atoms with Crippen LogP contribution >= 0.6 is 24.0 Å². The zero-order chi connectivity index (χ0) is 20.1. The number of guanidine groups is 1. The molecular formula is C23H42IN3O3. The Kier molecular flexibility index (Phi) is 9.53. The van der Waals surface area contributed by atoms with Crippen molar-refractivity contribution in [1.29, 1.82) is 0 Å². The van der Waals surface area contributed by atoms with Gasteiger partial charge in [-0.1, -0.05) is 6.42 Å². The van der Waals surface area contributed by atoms with Gasteiger partial charge in [-0.3, -0.25) is 4.99 Å². The number of hydrogen-bond acceptors (Lipinski definition) is 4. The van der Waals surface area contributed by atoms with Gasteiger partial charge in [0.2, 0.25) is 0 Å². The second-order valence-electron chi connectivity index (χ2n) is 9.27. The second-order valence-corrected chi connectivity index (χ2v) is 9.27. The summed E-state index contributed by atoms with van der Waals surface area (Å²) in [6.07, 6.45) is 12.0. The number of aliphatic imine (C=N–C) groups is 1. The second kappa shape index (κ2) is 11.7. The van der Waals surface area contributed by atoms with E-state index in [-0.39, 0.29) is 24.0 Å². The third kappa shape index (κ3) is 5.44. The normalized spacial score (nSPS) is 31.6. The van der Waals surface area contributed by atoms with Crippen molar-refractivity contribution in [3.8, 4) is 0 Å². The van der Waals surface area contributed by atoms with Crippen molar-refractivity contribution in [2.24, 2.45) is 10.4 Å². The van der Waals surface area contributed by atoms with E-state index in [2.05, 4.69) is 24.1 Å². The Balaban J connectivity index is 0.00000256. The molecule has 0 aromatic rings. The lowest BCUT2D eigenvalue weighted by atomic mass is 9.51. The summed E-state index contributed by atoms with van der Waals surface area (Å²) in [7, 11) is 0. The maximum atomic E-state index is 6.20. The van der Waals surface area contributed by atoms with Gasteiger partial charge in [0.05, 0.1) is 24.9 Å². The van der Waals surface area contributed by atoms with Crippen LogP contribution in [0.3, 0.4) is 0 Å². The maximum Gasteiger partial charge on any atom is 0.194 e. The zero-order valence-corrected chi connectivity index (χ0v) is 21.3. The van der Waals surface area contributed by atoms with Crippen molar-refractivity contribution >= 4 is 29.9 Å². The van der Waals surface area contributed by atoms with Crippen LogP contribution in [0.2, 0.25) is 0 Å². The van der Waals surface area contributed by atoms with Crippen LogP contribution in [-0.2, 0) is 14.2 Å². The highest BCUT2D eigenvalue weighted by molar-refractivity contribution is 14.0. The molecule has 1 N–H and O–H groups in total. The Labute approximate surface area is 199 Å². The SMILES string of the molecule is CCN=C(NC1CC(OCC)C12CCC2)N1CCC(OCC2CCCCO2)CC1.I. The van der Waals surface area contributed by atoms with Crippen LogP contribution in [0.5, 0.6) is 0 Å². The Hall–Kier alpha value is -0.120. The molecule has 174 valence electrons. The molecule has 0 bridgehead atoms. The van der Waals surface area contributed by atoms with E-state index < -0.39 is 0 Å². The molecule has 2 aliphatic heterocycles. The minimum atomic E-state index is 0. The smallest absolute Gasteiger partial charge is 0.194 e. The fraction of sp³-hybridized carbons (Fsp3) is 0.957. The van der Waals surface area contributed by atoms with Crippen LogP contribution in [0.15, 0.2) is 4.99 Å². The predicted molar refractivity (Wildman–Crippen MR) is 131 cm³/mol. The molecule has 2 saturated heterocycles. The van der Waals surface area contributed by atoms with E-state index in [4.69, 9.17) is 19.2 Å². The molecule has 0 aromatic carbocycles. The molecule has 2 saturated carbocycles. The first-order valence-electron chi connectivity index (χ1n) is 12.2. The number of piperidine rings is 1. The third-order valence-electron chi connectivity index (χ3n) is 7.58. The number of halogens is 1. The van der Waals surface area contributed by atoms with Crippen molar-refractivity contribution in [2.75, 3.05) is 39.5 Å². The molecule has 0 amide bonds. The molecule has 2 heterocycles. The summed E-state index contributed by atoms with van der Waals surface area (Å²) in [5.74, 6) is 1.10. The molecule has 7 heteroatoms. The molecule has 0 radical (unpaired) electrons. The summed E-state index contributed by atoms with van der Waals surface area (Å²) in [6, 6.07) is 0.524. The lowest BCUT2D eigenvalue weighted by Gasteiger charge is -2.61. The number of ether oxygens (including phenoxy) is 3. The van der Waals surface area contributed by atoms with Crippen molar-refractivity contribution in [1.82, 2.24) is 10.2 Å². The molecular weight excluding hydrogens is 493 g/mol. The Morgan fingerprint density at radius 2 is 1.90 bits per heavy atom. The van der Waals surface area contributed by atoms with Crippen molar-refractivity contribution in [2.45, 2.75) is 96.0 Å². The lowest BCUT2D eigenvalue weighted by molar-refractivity contribution is -0.169. The minimum Gasteiger partial charge on any atom is -0.378 e. The van der Waals surface area contributed by atoms with Crippen molar-refractivity contribution < 1.29 is 14.2 Å². The third-order valence-corrected chi connectivity index (χ3v) is 7.58. The van der Waals surface area contributed by atoms with Gasteiger partial charge in [-0.05, 0) is 65.2 Å². The minimum absolute atomic E-state index is 0. The van der Waals surface area contributed by atoms with E-state index in [0.717, 1.165) is 71.1 Å². The molecule has 1 spiro atoms. The molecule has 30 heavy (non-hydrogen) atoms. The number of hydrogen-bond donors (Lipinski definition) is 1. The quantitative estimate of drug-likeness (QED) is 0.304. The first-order chi connectivity index (χ1) is 14.2. The molecule has 0 aromatic heterocycles. The maximum absolute atomic E-state index is 6.20. The number of nitrogens with one attached hydrogen (secondary N) is 1. The number of nitrogens with zero attached hydrogens (tertiary/aromatic N) is 2. The van der Waals surface area contributed by atoms with Gasteiger partial charge >= 0.3 is 0 Å². The van der Waals surface area contributed by atoms with Gasteiger partial charge in [0.1, 0.15) is 0 Å². The Bertz CT molecular complexity index is 544. The van der Waals surface area contributed by atoms with E-state index in [1.807, 2.05) is 0 Å². The summed E-state index contributed by atoms with van der Waals surface area (Å²) in [4.78, 5) is 7.28. The highest BCUT2D eigenvalue weighted by Gasteiger charge is 2.59. The fourth-order valence-electron chi connectivity index (χ4n) is 5.60. The monoisotopic (exact) mass is 535 g/mol. The summed E-state index contributed by atoms with van der Waals surface area (Å²) in [5, 5.41) is 3.84. The van der Waals surface area contributed by atoms with Gasteiger partial charge in [0, 0.05) is 44.3 Å². The van der Waals surface area contributed by atoms with E-state index in [9.17, 15) is 0 Å². The average Bonchev–Trinajstić information content (AvgIpc) is 2.71. The lowest BCUT2D eigenvalue weighted by Crippen LogP contribution is -2.69. The van der Waals surface area contributed by atoms with Crippen LogP contribution in [0, 0.1) is 5.41 Å². The first-order valence-corrected chi connectivity index (χ1v) is 12.2. The van der Waals surface area contributed by atoms with Crippen molar-refractivity contribution in [3.05, 3.63) is 0 Å². The Morgan fingerprint density at radius 3 is 2.50 bits per heavy atom. The molecule has 6 nitrogen and oxygen atoms in total. The van der Waals surface area contributed by atoms with E-state index in [1.54, 1.807) is 0 Å². The van der Waals surface area contributed by atoms with Crippen LogP contribution in [0.25, 0.3) is 0 Å². The van der Waals surface area contributed by atoms with Crippen LogP contribution in [0.1, 0.15) is 71.6 Å². The largest absolute Gasteiger partial charge is 0.378 e. The summed E-state index contributed by atoms with van der Waals surface area (Å²) >= 11 is 0. The molecule has 4 rings (SSSR count). The molecule has 2 aliphatic carbocycles. The van der Waals surface area contributed by atoms with E-state index >= 15 is 0 Å². The standard InChI is InChI=1S/C23H41N3O3.HI/c1-3-24-22(25-20-16-21(27-4-2)23(20)11-7-12-23)26-13-9-18(10-14-26)29-17-19-8-5-6-15-28-19;/h18-21H,3-17H2,1-2H3,(H,24,25);1H. The zero-order valence-electron chi connectivity index (χ0n) is 18.9. The molecule has 4 fully saturated rings. The van der Waals surface area contributed by atoms with Gasteiger partial charge in [0.15, 0.2) is 5.96 Å². The molecule has 3 unspecified atom stereocenters. The van der Waals surface area contributed by atoms with Gasteiger partial charge in [-0.2, -0.15) is 0 Å². The summed E-state index contributed by atoms with van der Waals surface area (Å²) in [6.45, 7) is 9.62. The summed E-state index contributed by atoms with van der Waals surface area (Å²) in [5.41, 5.74) is 0.367. The topological polar surface area (TPSA) is 55.3 Å². The first kappa shape index (κ1) is 24.5. The highest BCUT2D eigenvalue weighted by atomic mass is 127. The van der Waals surface area contributed by atoms with Gasteiger partial charge in [0.25, 0.3) is 0 Å². The highest BCUT2D eigenvalue weighted by Crippen LogP contribution is 2.57.